The average Bonchev–Trinajstić information content (AvgIpc) is 1.98. The monoisotopic (exact) mass is 261 g/mol. The van der Waals surface area contributed by atoms with E-state index in [1.54, 1.807) is 6.08 Å². The molecule has 0 amide bonds. The molecule has 0 atom stereocenters. The quantitative estimate of drug-likeness (QED) is 0.610. The summed E-state index contributed by atoms with van der Waals surface area (Å²) in [6.07, 6.45) is 3.64. The fourth-order valence-electron chi connectivity index (χ4n) is 0.592. The van der Waals surface area contributed by atoms with E-state index in [0.717, 1.165) is 14.7 Å². The molecule has 0 spiro atoms. The van der Waals surface area contributed by atoms with Crippen LogP contribution in [0.1, 0.15) is 0 Å². The highest BCUT2D eigenvalue weighted by atomic mass is 127. The minimum absolute atomic E-state index is 0.460. The summed E-state index contributed by atoms with van der Waals surface area (Å²) < 4.78 is 0.951. The molecule has 0 aliphatic heterocycles. The van der Waals surface area contributed by atoms with Crippen molar-refractivity contribution in [3.8, 4) is 0 Å². The van der Waals surface area contributed by atoms with Gasteiger partial charge >= 0.3 is 0 Å². The van der Waals surface area contributed by atoms with Crippen LogP contribution < -0.4 is 5.73 Å². The van der Waals surface area contributed by atoms with Gasteiger partial charge in [-0.25, -0.2) is 0 Å². The summed E-state index contributed by atoms with van der Waals surface area (Å²) in [4.78, 5) is 0. The predicted molar refractivity (Wildman–Crippen MR) is 59.6 cm³/mol. The van der Waals surface area contributed by atoms with Gasteiger partial charge in [0.2, 0.25) is 0 Å². The second-order valence-electron chi connectivity index (χ2n) is 2.06. The Morgan fingerprint density at radius 2 is 2.00 bits per heavy atom. The van der Waals surface area contributed by atoms with Gasteiger partial charge in [-0.05, 0) is 39.8 Å². The molecular formula is C9H12IN. The average molecular weight is 261 g/mol. The molecule has 2 heteroatoms. The first-order chi connectivity index (χ1) is 5.11. The molecule has 0 aromatic carbocycles. The molecule has 11 heavy (non-hydrogen) atoms. The van der Waals surface area contributed by atoms with E-state index >= 15 is 0 Å². The molecule has 2 N–H and O–H groups in total. The molecule has 0 fully saturated rings. The van der Waals surface area contributed by atoms with Crippen LogP contribution in [0.4, 0.5) is 0 Å². The first kappa shape index (κ1) is 10.7. The smallest absolute Gasteiger partial charge is 0.0178 e. The highest BCUT2D eigenvalue weighted by molar-refractivity contribution is 14.1. The minimum atomic E-state index is 0.460. The second-order valence-corrected chi connectivity index (χ2v) is 3.44. The Kier molecular flexibility index (Phi) is 5.15. The number of nitrogens with two attached hydrogens (primary N) is 1. The van der Waals surface area contributed by atoms with Crippen LogP contribution in [0.25, 0.3) is 0 Å². The molecule has 0 unspecified atom stereocenters. The molecule has 0 rings (SSSR count). The van der Waals surface area contributed by atoms with E-state index in [1.165, 1.54) is 0 Å². The summed E-state index contributed by atoms with van der Waals surface area (Å²) in [7, 11) is 0. The van der Waals surface area contributed by atoms with Gasteiger partial charge in [0.25, 0.3) is 0 Å². The van der Waals surface area contributed by atoms with Crippen molar-refractivity contribution in [2.75, 3.05) is 6.54 Å². The van der Waals surface area contributed by atoms with Crippen molar-refractivity contribution in [3.63, 3.8) is 0 Å². The van der Waals surface area contributed by atoms with E-state index in [9.17, 15) is 0 Å². The first-order valence-electron chi connectivity index (χ1n) is 3.18. The van der Waals surface area contributed by atoms with Gasteiger partial charge in [0.1, 0.15) is 0 Å². The predicted octanol–water partition coefficient (Wildman–Crippen LogP) is 2.56. The van der Waals surface area contributed by atoms with E-state index in [2.05, 4.69) is 42.3 Å². The van der Waals surface area contributed by atoms with Gasteiger partial charge in [0, 0.05) is 10.1 Å². The van der Waals surface area contributed by atoms with Crippen LogP contribution in [0.3, 0.4) is 0 Å². The second kappa shape index (κ2) is 5.32. The van der Waals surface area contributed by atoms with Crippen LogP contribution in [0, 0.1) is 0 Å². The maximum atomic E-state index is 5.40. The van der Waals surface area contributed by atoms with E-state index in [-0.39, 0.29) is 0 Å². The highest BCUT2D eigenvalue weighted by Crippen LogP contribution is 2.13. The highest BCUT2D eigenvalue weighted by Gasteiger charge is 1.94. The zero-order valence-electron chi connectivity index (χ0n) is 6.44. The van der Waals surface area contributed by atoms with E-state index in [4.69, 9.17) is 5.73 Å². The Labute approximate surface area is 81.5 Å². The molecular weight excluding hydrogens is 249 g/mol. The van der Waals surface area contributed by atoms with Crippen LogP contribution in [-0.4, -0.2) is 6.54 Å². The summed E-state index contributed by atoms with van der Waals surface area (Å²) >= 11 is 2.13. The van der Waals surface area contributed by atoms with E-state index < -0.39 is 0 Å². The largest absolute Gasteiger partial charge is 0.326 e. The Morgan fingerprint density at radius 1 is 1.45 bits per heavy atom. The van der Waals surface area contributed by atoms with Crippen molar-refractivity contribution in [1.82, 2.24) is 0 Å². The summed E-state index contributed by atoms with van der Waals surface area (Å²) in [5, 5.41) is 0. The molecule has 0 aromatic heterocycles. The zero-order valence-corrected chi connectivity index (χ0v) is 8.60. The molecule has 0 saturated heterocycles. The van der Waals surface area contributed by atoms with Crippen LogP contribution in [0.2, 0.25) is 0 Å². The third kappa shape index (κ3) is 4.16. The van der Waals surface area contributed by atoms with Crippen molar-refractivity contribution in [2.45, 2.75) is 0 Å². The standard InChI is InChI=1S/C9H12IN/c1-4-9(5-8(3)10)7(2)6-11/h4-5H,1-3,6,11H2/b9-5-. The molecule has 0 bridgehead atoms. The van der Waals surface area contributed by atoms with Crippen molar-refractivity contribution >= 4 is 22.6 Å². The maximum Gasteiger partial charge on any atom is 0.0178 e. The molecule has 1 nitrogen and oxygen atoms in total. The molecule has 0 aliphatic carbocycles. The van der Waals surface area contributed by atoms with Crippen molar-refractivity contribution < 1.29 is 0 Å². The lowest BCUT2D eigenvalue weighted by Gasteiger charge is -2.01. The fourth-order valence-corrected chi connectivity index (χ4v) is 0.927. The molecule has 60 valence electrons. The van der Waals surface area contributed by atoms with Gasteiger partial charge in [0.15, 0.2) is 0 Å². The first-order valence-corrected chi connectivity index (χ1v) is 4.26. The lowest BCUT2D eigenvalue weighted by atomic mass is 10.1. The number of hydrogen-bond acceptors (Lipinski definition) is 1. The Balaban J connectivity index is 4.52. The molecule has 0 saturated carbocycles. The van der Waals surface area contributed by atoms with Gasteiger partial charge in [-0.3, -0.25) is 0 Å². The van der Waals surface area contributed by atoms with Crippen molar-refractivity contribution in [2.24, 2.45) is 5.73 Å². The summed E-state index contributed by atoms with van der Waals surface area (Å²) in [5.41, 5.74) is 7.26. The van der Waals surface area contributed by atoms with Crippen molar-refractivity contribution in [1.29, 1.82) is 0 Å². The number of rotatable bonds is 4. The van der Waals surface area contributed by atoms with Gasteiger partial charge in [-0.1, -0.05) is 25.8 Å². The summed E-state index contributed by atoms with van der Waals surface area (Å²) in [5.74, 6) is 0. The Hall–Kier alpha value is -0.350. The van der Waals surface area contributed by atoms with E-state index in [1.807, 2.05) is 6.08 Å². The van der Waals surface area contributed by atoms with Gasteiger partial charge in [-0.15, -0.1) is 0 Å². The number of allylic oxidation sites excluding steroid dienone is 3. The Bertz CT molecular complexity index is 214. The summed E-state index contributed by atoms with van der Waals surface area (Å²) in [6.45, 7) is 11.6. The van der Waals surface area contributed by atoms with Gasteiger partial charge in [0.05, 0.1) is 0 Å². The number of hydrogen-bond donors (Lipinski definition) is 1. The normalized spacial score (nSPS) is 10.9. The third-order valence-corrected chi connectivity index (χ3v) is 1.50. The van der Waals surface area contributed by atoms with Crippen molar-refractivity contribution in [3.05, 3.63) is 46.6 Å². The number of halogens is 1. The topological polar surface area (TPSA) is 26.0 Å². The lowest BCUT2D eigenvalue weighted by molar-refractivity contribution is 1.17. The molecule has 0 heterocycles. The zero-order chi connectivity index (χ0) is 8.85. The van der Waals surface area contributed by atoms with Crippen LogP contribution >= 0.6 is 22.6 Å². The SMILES string of the molecule is C=C/C(=C/C(=C)I)C(=C)CN. The molecule has 0 aromatic rings. The Morgan fingerprint density at radius 3 is 2.27 bits per heavy atom. The molecule has 0 radical (unpaired) electrons. The van der Waals surface area contributed by atoms with Gasteiger partial charge in [-0.2, -0.15) is 0 Å². The lowest BCUT2D eigenvalue weighted by Crippen LogP contribution is -2.02. The van der Waals surface area contributed by atoms with Gasteiger partial charge < -0.3 is 5.73 Å². The maximum absolute atomic E-state index is 5.40. The van der Waals surface area contributed by atoms with Crippen LogP contribution in [0.15, 0.2) is 46.6 Å². The fraction of sp³-hybridized carbons (Fsp3) is 0.111. The third-order valence-electron chi connectivity index (χ3n) is 1.19. The van der Waals surface area contributed by atoms with E-state index in [0.29, 0.717) is 6.54 Å². The summed E-state index contributed by atoms with van der Waals surface area (Å²) in [6, 6.07) is 0. The van der Waals surface area contributed by atoms with Crippen LogP contribution in [-0.2, 0) is 0 Å². The minimum Gasteiger partial charge on any atom is -0.326 e. The van der Waals surface area contributed by atoms with Crippen LogP contribution in [0.5, 0.6) is 0 Å². The molecule has 0 aliphatic rings.